The Morgan fingerprint density at radius 3 is 2.21 bits per heavy atom. The second kappa shape index (κ2) is 8.98. The molecular formula is C20H36N2O2. The van der Waals surface area contributed by atoms with Gasteiger partial charge in [-0.2, -0.15) is 0 Å². The van der Waals surface area contributed by atoms with E-state index in [9.17, 15) is 9.59 Å². The van der Waals surface area contributed by atoms with E-state index < -0.39 is 0 Å². The third-order valence-electron chi connectivity index (χ3n) is 5.58. The third kappa shape index (κ3) is 5.58. The number of piperidine rings is 1. The van der Waals surface area contributed by atoms with Crippen LogP contribution in [0.1, 0.15) is 72.1 Å². The topological polar surface area (TPSA) is 49.4 Å². The molecule has 1 unspecified atom stereocenters. The molecule has 0 aromatic carbocycles. The van der Waals surface area contributed by atoms with Crippen LogP contribution in [0.25, 0.3) is 0 Å². The van der Waals surface area contributed by atoms with Gasteiger partial charge >= 0.3 is 0 Å². The van der Waals surface area contributed by atoms with E-state index in [0.29, 0.717) is 0 Å². The Kier molecular flexibility index (Phi) is 7.27. The summed E-state index contributed by atoms with van der Waals surface area (Å²) in [5, 5.41) is 3.11. The Morgan fingerprint density at radius 2 is 1.58 bits per heavy atom. The van der Waals surface area contributed by atoms with Crippen LogP contribution in [0.4, 0.5) is 0 Å². The van der Waals surface area contributed by atoms with Crippen molar-refractivity contribution in [2.75, 3.05) is 26.2 Å². The van der Waals surface area contributed by atoms with E-state index in [1.807, 2.05) is 20.8 Å². The Labute approximate surface area is 147 Å². The van der Waals surface area contributed by atoms with Gasteiger partial charge in [-0.15, -0.1) is 0 Å². The molecule has 0 spiro atoms. The van der Waals surface area contributed by atoms with Crippen molar-refractivity contribution < 1.29 is 9.59 Å². The van der Waals surface area contributed by atoms with Gasteiger partial charge in [-0.25, -0.2) is 0 Å². The Bertz CT molecular complexity index is 422. The number of likely N-dealkylation sites (tertiary alicyclic amines) is 1. The van der Waals surface area contributed by atoms with E-state index in [1.165, 1.54) is 32.4 Å². The molecule has 1 heterocycles. The third-order valence-corrected chi connectivity index (χ3v) is 5.58. The van der Waals surface area contributed by atoms with Gasteiger partial charge in [0.2, 0.25) is 5.91 Å². The largest absolute Gasteiger partial charge is 0.356 e. The first kappa shape index (κ1) is 19.4. The van der Waals surface area contributed by atoms with E-state index in [1.54, 1.807) is 0 Å². The van der Waals surface area contributed by atoms with Gasteiger partial charge in [0.15, 0.2) is 0 Å². The highest BCUT2D eigenvalue weighted by molar-refractivity contribution is 5.91. The summed E-state index contributed by atoms with van der Waals surface area (Å²) in [5.41, 5.74) is -0.352. The minimum Gasteiger partial charge on any atom is -0.356 e. The molecule has 1 saturated heterocycles. The summed E-state index contributed by atoms with van der Waals surface area (Å²) >= 11 is 0. The second-order valence-corrected chi connectivity index (χ2v) is 8.66. The van der Waals surface area contributed by atoms with E-state index >= 15 is 0 Å². The fraction of sp³-hybridized carbons (Fsp3) is 0.900. The molecule has 2 aliphatic rings. The Morgan fingerprint density at radius 1 is 0.958 bits per heavy atom. The number of hydrogen-bond donors (Lipinski definition) is 1. The molecule has 1 saturated carbocycles. The zero-order chi connectivity index (χ0) is 17.6. The quantitative estimate of drug-likeness (QED) is 0.756. The summed E-state index contributed by atoms with van der Waals surface area (Å²) in [7, 11) is 0. The molecule has 0 radical (unpaired) electrons. The van der Waals surface area contributed by atoms with Gasteiger partial charge < -0.3 is 10.2 Å². The first-order valence-corrected chi connectivity index (χ1v) is 9.94. The maximum absolute atomic E-state index is 12.7. The maximum atomic E-state index is 12.7. The number of carbonyl (C=O) groups is 2. The summed E-state index contributed by atoms with van der Waals surface area (Å²) in [6.45, 7) is 10.1. The zero-order valence-electron chi connectivity index (χ0n) is 15.9. The van der Waals surface area contributed by atoms with Crippen molar-refractivity contribution in [3.63, 3.8) is 0 Å². The highest BCUT2D eigenvalue weighted by Gasteiger charge is 2.39. The van der Waals surface area contributed by atoms with Gasteiger partial charge in [0.05, 0.1) is 0 Å². The lowest BCUT2D eigenvalue weighted by molar-refractivity contribution is -0.139. The van der Waals surface area contributed by atoms with Crippen LogP contribution >= 0.6 is 0 Å². The molecule has 138 valence electrons. The number of amides is 1. The molecule has 4 heteroatoms. The number of ketones is 1. The van der Waals surface area contributed by atoms with Crippen molar-refractivity contribution in [1.29, 1.82) is 0 Å². The van der Waals surface area contributed by atoms with Crippen molar-refractivity contribution in [2.45, 2.75) is 72.1 Å². The van der Waals surface area contributed by atoms with Crippen LogP contribution in [0, 0.1) is 17.3 Å². The number of rotatable bonds is 6. The summed E-state index contributed by atoms with van der Waals surface area (Å²) in [5.74, 6) is 0.174. The highest BCUT2D eigenvalue weighted by atomic mass is 16.2. The first-order valence-electron chi connectivity index (χ1n) is 9.94. The number of Topliss-reactive ketones (excluding diaryl/α,β-unsaturated/α-hetero) is 1. The lowest BCUT2D eigenvalue weighted by atomic mass is 9.70. The van der Waals surface area contributed by atoms with E-state index in [0.717, 1.165) is 45.2 Å². The molecule has 1 amide bonds. The normalized spacial score (nSPS) is 26.1. The second-order valence-electron chi connectivity index (χ2n) is 8.66. The van der Waals surface area contributed by atoms with Gasteiger partial charge in [0.25, 0.3) is 0 Å². The van der Waals surface area contributed by atoms with Crippen LogP contribution in [0.15, 0.2) is 0 Å². The van der Waals surface area contributed by atoms with E-state index in [-0.39, 0.29) is 28.9 Å². The van der Waals surface area contributed by atoms with Gasteiger partial charge in [0, 0.05) is 23.8 Å². The Balaban J connectivity index is 1.77. The minimum absolute atomic E-state index is 0.0826. The first-order chi connectivity index (χ1) is 11.4. The molecule has 2 fully saturated rings. The summed E-state index contributed by atoms with van der Waals surface area (Å²) in [6, 6.07) is 0. The number of nitrogens with zero attached hydrogens (tertiary/aromatic N) is 1. The van der Waals surface area contributed by atoms with Crippen molar-refractivity contribution >= 4 is 11.7 Å². The maximum Gasteiger partial charge on any atom is 0.223 e. The van der Waals surface area contributed by atoms with Crippen LogP contribution in [0.3, 0.4) is 0 Å². The molecule has 1 aliphatic carbocycles. The van der Waals surface area contributed by atoms with Gasteiger partial charge in [-0.1, -0.05) is 40.0 Å². The van der Waals surface area contributed by atoms with Crippen LogP contribution in [-0.4, -0.2) is 42.8 Å². The fourth-order valence-corrected chi connectivity index (χ4v) is 4.14. The van der Waals surface area contributed by atoms with Gasteiger partial charge in [-0.3, -0.25) is 9.59 Å². The van der Waals surface area contributed by atoms with Crippen LogP contribution in [-0.2, 0) is 9.59 Å². The molecule has 0 bridgehead atoms. The molecule has 2 rings (SSSR count). The van der Waals surface area contributed by atoms with E-state index in [2.05, 4.69) is 10.2 Å². The highest BCUT2D eigenvalue weighted by Crippen LogP contribution is 2.35. The Hall–Kier alpha value is -0.900. The SMILES string of the molecule is CC(C)(C)C(=O)[C@@H]1CCCCC1C(=O)NCCCN1CCCCC1. The lowest BCUT2D eigenvalue weighted by Crippen LogP contribution is -2.43. The number of hydrogen-bond acceptors (Lipinski definition) is 3. The molecule has 1 N–H and O–H groups in total. The average Bonchev–Trinajstić information content (AvgIpc) is 2.58. The molecule has 0 aromatic rings. The van der Waals surface area contributed by atoms with Gasteiger partial charge in [0.1, 0.15) is 5.78 Å². The molecule has 2 atom stereocenters. The zero-order valence-corrected chi connectivity index (χ0v) is 15.9. The van der Waals surface area contributed by atoms with Crippen LogP contribution in [0.5, 0.6) is 0 Å². The fourth-order valence-electron chi connectivity index (χ4n) is 4.14. The van der Waals surface area contributed by atoms with Crippen molar-refractivity contribution in [1.82, 2.24) is 10.2 Å². The minimum atomic E-state index is -0.352. The van der Waals surface area contributed by atoms with Crippen LogP contribution < -0.4 is 5.32 Å². The molecular weight excluding hydrogens is 300 g/mol. The molecule has 1 aliphatic heterocycles. The number of nitrogens with one attached hydrogen (secondary N) is 1. The smallest absolute Gasteiger partial charge is 0.223 e. The van der Waals surface area contributed by atoms with Crippen molar-refractivity contribution in [3.8, 4) is 0 Å². The van der Waals surface area contributed by atoms with E-state index in [4.69, 9.17) is 0 Å². The summed E-state index contributed by atoms with van der Waals surface area (Å²) < 4.78 is 0. The lowest BCUT2D eigenvalue weighted by Gasteiger charge is -2.33. The predicted octanol–water partition coefficient (Wildman–Crippen LogP) is 3.40. The molecule has 24 heavy (non-hydrogen) atoms. The number of carbonyl (C=O) groups excluding carboxylic acids is 2. The molecule has 4 nitrogen and oxygen atoms in total. The van der Waals surface area contributed by atoms with Crippen molar-refractivity contribution in [2.24, 2.45) is 17.3 Å². The molecule has 0 aromatic heterocycles. The standard InChI is InChI=1S/C20H36N2O2/c1-20(2,3)18(23)16-10-5-6-11-17(16)19(24)21-12-9-15-22-13-7-4-8-14-22/h16-17H,4-15H2,1-3H3,(H,21,24)/t16-,17?/m1/s1. The average molecular weight is 337 g/mol. The predicted molar refractivity (Wildman–Crippen MR) is 97.8 cm³/mol. The summed E-state index contributed by atoms with van der Waals surface area (Å²) in [4.78, 5) is 27.8. The monoisotopic (exact) mass is 336 g/mol. The summed E-state index contributed by atoms with van der Waals surface area (Å²) in [6.07, 6.45) is 8.88. The van der Waals surface area contributed by atoms with Crippen LogP contribution in [0.2, 0.25) is 0 Å². The van der Waals surface area contributed by atoms with Crippen molar-refractivity contribution in [3.05, 3.63) is 0 Å². The van der Waals surface area contributed by atoms with Gasteiger partial charge in [-0.05, 0) is 51.7 Å².